The topological polar surface area (TPSA) is 89.2 Å². The van der Waals surface area contributed by atoms with E-state index in [1.54, 1.807) is 50.4 Å². The molecule has 3 aromatic rings. The van der Waals surface area contributed by atoms with Crippen LogP contribution in [0.2, 0.25) is 0 Å². The third-order valence-corrected chi connectivity index (χ3v) is 6.34. The molecule has 1 unspecified atom stereocenters. The van der Waals surface area contributed by atoms with E-state index in [0.29, 0.717) is 46.4 Å². The van der Waals surface area contributed by atoms with Gasteiger partial charge >= 0.3 is 0 Å². The Morgan fingerprint density at radius 1 is 1.11 bits per heavy atom. The van der Waals surface area contributed by atoms with Gasteiger partial charge in [0.05, 0.1) is 19.3 Å². The summed E-state index contributed by atoms with van der Waals surface area (Å²) in [7, 11) is 1.60. The van der Waals surface area contributed by atoms with Gasteiger partial charge in [0.15, 0.2) is 0 Å². The highest BCUT2D eigenvalue weighted by Crippen LogP contribution is 2.44. The third-order valence-electron chi connectivity index (χ3n) is 6.34. The summed E-state index contributed by atoms with van der Waals surface area (Å²) in [5, 5.41) is 11.6. The number of benzene rings is 2. The molecular weight excluding hydrogens is 458 g/mol. The first kappa shape index (κ1) is 25.1. The van der Waals surface area contributed by atoms with Crippen molar-refractivity contribution in [3.63, 3.8) is 0 Å². The van der Waals surface area contributed by atoms with Crippen molar-refractivity contribution < 1.29 is 28.6 Å². The highest BCUT2D eigenvalue weighted by molar-refractivity contribution is 6.51. The van der Waals surface area contributed by atoms with Gasteiger partial charge in [-0.1, -0.05) is 19.9 Å². The summed E-state index contributed by atoms with van der Waals surface area (Å²) in [6.07, 6.45) is 0. The Morgan fingerprint density at radius 2 is 1.86 bits per heavy atom. The van der Waals surface area contributed by atoms with E-state index in [2.05, 4.69) is 0 Å². The van der Waals surface area contributed by atoms with Crippen LogP contribution in [0.15, 0.2) is 58.5 Å². The lowest BCUT2D eigenvalue weighted by molar-refractivity contribution is -0.132. The molecule has 0 aliphatic carbocycles. The van der Waals surface area contributed by atoms with E-state index in [0.717, 1.165) is 5.56 Å². The Bertz CT molecular complexity index is 1350. The zero-order chi connectivity index (χ0) is 26.1. The largest absolute Gasteiger partial charge is 0.507 e. The number of nitrogens with zero attached hydrogens (tertiary/aromatic N) is 1. The molecule has 1 aromatic heterocycles. The quantitative estimate of drug-likeness (QED) is 0.247. The molecule has 1 fully saturated rings. The normalized spacial score (nSPS) is 17.2. The van der Waals surface area contributed by atoms with E-state index in [4.69, 9.17) is 13.9 Å². The molecule has 2 heterocycles. The molecular formula is C29H31NO6. The second-order valence-electron chi connectivity index (χ2n) is 9.11. The van der Waals surface area contributed by atoms with E-state index in [1.807, 2.05) is 39.8 Å². The molecule has 7 nitrogen and oxygen atoms in total. The van der Waals surface area contributed by atoms with Crippen molar-refractivity contribution in [3.05, 3.63) is 82.3 Å². The van der Waals surface area contributed by atoms with Crippen molar-refractivity contribution in [1.82, 2.24) is 0 Å². The second-order valence-corrected chi connectivity index (χ2v) is 9.11. The van der Waals surface area contributed by atoms with Crippen LogP contribution in [-0.2, 0) is 9.59 Å². The molecule has 0 spiro atoms. The molecule has 1 N–H and O–H groups in total. The van der Waals surface area contributed by atoms with Gasteiger partial charge in [0.1, 0.15) is 34.8 Å². The zero-order valence-electron chi connectivity index (χ0n) is 21.4. The molecule has 7 heteroatoms. The van der Waals surface area contributed by atoms with Crippen LogP contribution in [0.1, 0.15) is 60.9 Å². The third kappa shape index (κ3) is 4.37. The van der Waals surface area contributed by atoms with Crippen LogP contribution in [-0.4, -0.2) is 30.5 Å². The van der Waals surface area contributed by atoms with Gasteiger partial charge in [-0.05, 0) is 74.2 Å². The van der Waals surface area contributed by atoms with Gasteiger partial charge in [-0.3, -0.25) is 14.5 Å². The summed E-state index contributed by atoms with van der Waals surface area (Å²) in [4.78, 5) is 28.2. The van der Waals surface area contributed by atoms with Crippen LogP contribution < -0.4 is 14.4 Å². The number of rotatable bonds is 7. The van der Waals surface area contributed by atoms with Gasteiger partial charge in [0.2, 0.25) is 0 Å². The monoisotopic (exact) mass is 489 g/mol. The average Bonchev–Trinajstić information content (AvgIpc) is 3.39. The fourth-order valence-electron chi connectivity index (χ4n) is 4.58. The number of carbonyl (C=O) groups is 2. The number of hydrogen-bond acceptors (Lipinski definition) is 6. The number of amides is 1. The maximum atomic E-state index is 13.5. The van der Waals surface area contributed by atoms with E-state index in [9.17, 15) is 14.7 Å². The number of aliphatic hydroxyl groups is 1. The van der Waals surface area contributed by atoms with E-state index < -0.39 is 17.7 Å². The molecule has 1 atom stereocenters. The number of anilines is 1. The lowest BCUT2D eigenvalue weighted by atomic mass is 9.92. The molecule has 1 aliphatic rings. The highest BCUT2D eigenvalue weighted by Gasteiger charge is 2.48. The van der Waals surface area contributed by atoms with Crippen LogP contribution in [0.25, 0.3) is 5.76 Å². The molecule has 2 aromatic carbocycles. The Balaban J connectivity index is 1.95. The molecule has 0 bridgehead atoms. The maximum Gasteiger partial charge on any atom is 0.300 e. The number of aryl methyl sites for hydroxylation is 2. The van der Waals surface area contributed by atoms with Crippen molar-refractivity contribution in [1.29, 1.82) is 0 Å². The molecule has 0 radical (unpaired) electrons. The van der Waals surface area contributed by atoms with Crippen LogP contribution in [0.4, 0.5) is 5.69 Å². The molecule has 36 heavy (non-hydrogen) atoms. The number of ketones is 1. The summed E-state index contributed by atoms with van der Waals surface area (Å²) in [5.41, 5.74) is 2.50. The van der Waals surface area contributed by atoms with E-state index >= 15 is 0 Å². The summed E-state index contributed by atoms with van der Waals surface area (Å²) < 4.78 is 17.0. The van der Waals surface area contributed by atoms with E-state index in [1.165, 1.54) is 4.90 Å². The molecule has 4 rings (SSSR count). The fourth-order valence-corrected chi connectivity index (χ4v) is 4.58. The first-order valence-electron chi connectivity index (χ1n) is 12.0. The van der Waals surface area contributed by atoms with Gasteiger partial charge < -0.3 is 19.0 Å². The van der Waals surface area contributed by atoms with Crippen molar-refractivity contribution in [3.8, 4) is 11.5 Å². The Kier molecular flexibility index (Phi) is 6.93. The molecule has 0 saturated carbocycles. The smallest absolute Gasteiger partial charge is 0.300 e. The summed E-state index contributed by atoms with van der Waals surface area (Å²) >= 11 is 0. The van der Waals surface area contributed by atoms with Gasteiger partial charge in [-0.2, -0.15) is 0 Å². The number of Topliss-reactive ketones (excluding diaryl/α,β-unsaturated/α-hetero) is 1. The summed E-state index contributed by atoms with van der Waals surface area (Å²) in [6.45, 7) is 9.98. The van der Waals surface area contributed by atoms with Gasteiger partial charge in [0, 0.05) is 17.3 Å². The Labute approximate surface area is 210 Å². The first-order chi connectivity index (χ1) is 17.2. The van der Waals surface area contributed by atoms with Crippen LogP contribution >= 0.6 is 0 Å². The molecule has 1 amide bonds. The number of aliphatic hydroxyl groups excluding tert-OH is 1. The number of carbonyl (C=O) groups excluding carboxylic acids is 2. The standard InChI is InChI=1S/C29H31NO6/c1-7-35-20-10-8-9-19(14-20)30-26(23-12-11-18(5)36-23)25(28(32)29(30)33)27(31)22-15-21(16(2)3)24(34-6)13-17(22)4/h8-16,26,31H,7H2,1-6H3/b27-25+. The number of ether oxygens (including phenoxy) is 2. The molecule has 1 saturated heterocycles. The van der Waals surface area contributed by atoms with Gasteiger partial charge in [-0.25, -0.2) is 0 Å². The van der Waals surface area contributed by atoms with Crippen molar-refractivity contribution >= 4 is 23.1 Å². The minimum Gasteiger partial charge on any atom is -0.507 e. The predicted octanol–water partition coefficient (Wildman–Crippen LogP) is 6.05. The van der Waals surface area contributed by atoms with Crippen molar-refractivity contribution in [2.24, 2.45) is 0 Å². The SMILES string of the molecule is CCOc1cccc(N2C(=O)C(=O)/C(=C(/O)c3cc(C(C)C)c(OC)cc3C)C2c2ccc(C)o2)c1. The van der Waals surface area contributed by atoms with E-state index in [-0.39, 0.29) is 17.3 Å². The lowest BCUT2D eigenvalue weighted by Crippen LogP contribution is -2.29. The van der Waals surface area contributed by atoms with Crippen molar-refractivity contribution in [2.75, 3.05) is 18.6 Å². The van der Waals surface area contributed by atoms with Crippen molar-refractivity contribution in [2.45, 2.75) is 46.6 Å². The number of methoxy groups -OCH3 is 1. The minimum atomic E-state index is -0.945. The molecule has 188 valence electrons. The second kappa shape index (κ2) is 9.93. The highest BCUT2D eigenvalue weighted by atomic mass is 16.5. The Hall–Kier alpha value is -4.00. The number of furan rings is 1. The predicted molar refractivity (Wildman–Crippen MR) is 138 cm³/mol. The van der Waals surface area contributed by atoms with Gasteiger partial charge in [-0.15, -0.1) is 0 Å². The molecule has 1 aliphatic heterocycles. The van der Waals surface area contributed by atoms with Crippen LogP contribution in [0.3, 0.4) is 0 Å². The van der Waals surface area contributed by atoms with Gasteiger partial charge in [0.25, 0.3) is 11.7 Å². The lowest BCUT2D eigenvalue weighted by Gasteiger charge is -2.24. The first-order valence-corrected chi connectivity index (χ1v) is 12.0. The fraction of sp³-hybridized carbons (Fsp3) is 0.310. The summed E-state index contributed by atoms with van der Waals surface area (Å²) in [5.74, 6) is 0.599. The van der Waals surface area contributed by atoms with Crippen LogP contribution in [0.5, 0.6) is 11.5 Å². The minimum absolute atomic E-state index is 0.0286. The summed E-state index contributed by atoms with van der Waals surface area (Å²) in [6, 6.07) is 13.2. The number of hydrogen-bond donors (Lipinski definition) is 1. The van der Waals surface area contributed by atoms with Crippen LogP contribution in [0, 0.1) is 13.8 Å². The average molecular weight is 490 g/mol. The maximum absolute atomic E-state index is 13.5. The zero-order valence-corrected chi connectivity index (χ0v) is 21.4. The Morgan fingerprint density at radius 3 is 2.47 bits per heavy atom.